The summed E-state index contributed by atoms with van der Waals surface area (Å²) in [5, 5.41) is 12.7. The molecular weight excluding hydrogens is 464 g/mol. The van der Waals surface area contributed by atoms with E-state index in [2.05, 4.69) is 53.4 Å². The molecule has 8 heteroatoms. The number of likely N-dealkylation sites (N-methyl/N-ethyl adjacent to an activating group) is 1. The lowest BCUT2D eigenvalue weighted by Gasteiger charge is -2.44. The lowest BCUT2D eigenvalue weighted by molar-refractivity contribution is 0.0184. The van der Waals surface area contributed by atoms with Crippen LogP contribution in [0.3, 0.4) is 0 Å². The molecule has 2 saturated heterocycles. The van der Waals surface area contributed by atoms with Gasteiger partial charge in [-0.3, -0.25) is 0 Å². The Balaban J connectivity index is 1.36. The second-order valence-corrected chi connectivity index (χ2v) is 11.2. The molecule has 2 fully saturated rings. The summed E-state index contributed by atoms with van der Waals surface area (Å²) >= 11 is 0. The smallest absolute Gasteiger partial charge is 0.321 e. The van der Waals surface area contributed by atoms with Crippen molar-refractivity contribution in [3.05, 3.63) is 40.5 Å². The van der Waals surface area contributed by atoms with Crippen molar-refractivity contribution < 1.29 is 9.47 Å². The van der Waals surface area contributed by atoms with Crippen LogP contribution in [0, 0.1) is 18.3 Å². The summed E-state index contributed by atoms with van der Waals surface area (Å²) in [7, 11) is 2.16. The Bertz CT molecular complexity index is 1200. The van der Waals surface area contributed by atoms with E-state index in [1.165, 1.54) is 23.1 Å². The van der Waals surface area contributed by atoms with Crippen LogP contribution in [0.1, 0.15) is 60.8 Å². The van der Waals surface area contributed by atoms with Gasteiger partial charge in [0.2, 0.25) is 5.88 Å². The molecule has 196 valence electrons. The number of aromatic nitrogens is 2. The van der Waals surface area contributed by atoms with Gasteiger partial charge in [-0.1, -0.05) is 18.2 Å². The maximum atomic E-state index is 9.27. The van der Waals surface area contributed by atoms with Crippen molar-refractivity contribution in [1.82, 2.24) is 20.2 Å². The van der Waals surface area contributed by atoms with Gasteiger partial charge in [-0.2, -0.15) is 15.2 Å². The first-order valence-electron chi connectivity index (χ1n) is 13.9. The molecule has 3 atom stereocenters. The number of anilines is 1. The van der Waals surface area contributed by atoms with Crippen LogP contribution in [0.2, 0.25) is 0 Å². The number of hydrogen-bond donors (Lipinski definition) is 1. The molecule has 1 N–H and O–H groups in total. The third kappa shape index (κ3) is 4.64. The molecule has 1 unspecified atom stereocenters. The molecule has 4 aliphatic rings. The van der Waals surface area contributed by atoms with Crippen molar-refractivity contribution in [3.8, 4) is 18.0 Å². The quantitative estimate of drug-likeness (QED) is 0.665. The number of likely N-dealkylation sites (tertiary alicyclic amines) is 1. The van der Waals surface area contributed by atoms with Crippen LogP contribution in [0.15, 0.2) is 18.2 Å². The minimum Gasteiger partial charge on any atom is -0.466 e. The van der Waals surface area contributed by atoms with Crippen LogP contribution in [0.25, 0.3) is 0 Å². The Morgan fingerprint density at radius 1 is 1.22 bits per heavy atom. The Hall–Kier alpha value is -2.89. The summed E-state index contributed by atoms with van der Waals surface area (Å²) in [6, 6.07) is 9.87. The van der Waals surface area contributed by atoms with Crippen LogP contribution in [-0.2, 0) is 18.4 Å². The van der Waals surface area contributed by atoms with Crippen molar-refractivity contribution in [2.45, 2.75) is 76.0 Å². The summed E-state index contributed by atoms with van der Waals surface area (Å²) in [5.74, 6) is 1.59. The molecule has 0 saturated carbocycles. The fourth-order valence-electron chi connectivity index (χ4n) is 6.88. The van der Waals surface area contributed by atoms with Gasteiger partial charge in [0.15, 0.2) is 0 Å². The molecule has 4 heterocycles. The largest absolute Gasteiger partial charge is 0.466 e. The lowest BCUT2D eigenvalue weighted by Crippen LogP contribution is -2.51. The van der Waals surface area contributed by atoms with E-state index in [1.54, 1.807) is 0 Å². The summed E-state index contributed by atoms with van der Waals surface area (Å²) in [4.78, 5) is 14.5. The molecule has 2 aromatic rings. The number of piperazine rings is 1. The molecule has 1 aromatic carbocycles. The minimum absolute atomic E-state index is 0.129. The Morgan fingerprint density at radius 2 is 2.14 bits per heavy atom. The third-order valence-corrected chi connectivity index (χ3v) is 8.81. The lowest BCUT2D eigenvalue weighted by atomic mass is 9.73. The summed E-state index contributed by atoms with van der Waals surface area (Å²) < 4.78 is 13.2. The predicted molar refractivity (Wildman–Crippen MR) is 142 cm³/mol. The molecule has 0 bridgehead atoms. The van der Waals surface area contributed by atoms with E-state index < -0.39 is 0 Å². The highest BCUT2D eigenvalue weighted by Crippen LogP contribution is 2.49. The summed E-state index contributed by atoms with van der Waals surface area (Å²) in [6.07, 6.45) is 7.85. The molecule has 6 rings (SSSR count). The number of rotatable bonds is 5. The Kier molecular flexibility index (Phi) is 6.68. The fraction of sp³-hybridized carbons (Fsp3) is 0.621. The average Bonchev–Trinajstić information content (AvgIpc) is 3.32. The van der Waals surface area contributed by atoms with Crippen LogP contribution >= 0.6 is 0 Å². The average molecular weight is 503 g/mol. The fourth-order valence-corrected chi connectivity index (χ4v) is 6.88. The van der Waals surface area contributed by atoms with Crippen LogP contribution in [-0.4, -0.2) is 66.8 Å². The highest BCUT2D eigenvalue weighted by molar-refractivity contribution is 5.55. The SMILES string of the molecule is Cc1cccc2c1C1(CCC2)CCc2c(nc(OC[C@@H]3CCCN3C)nc2N2CCN[C@@H](CC#N)C2)O1. The number of nitrogens with one attached hydrogen (secondary N) is 1. The first kappa shape index (κ1) is 24.4. The van der Waals surface area contributed by atoms with E-state index >= 15 is 0 Å². The minimum atomic E-state index is -0.340. The second kappa shape index (κ2) is 10.1. The van der Waals surface area contributed by atoms with Crippen LogP contribution in [0.5, 0.6) is 11.9 Å². The van der Waals surface area contributed by atoms with Gasteiger partial charge in [-0.05, 0) is 76.6 Å². The predicted octanol–water partition coefficient (Wildman–Crippen LogP) is 3.51. The Labute approximate surface area is 220 Å². The third-order valence-electron chi connectivity index (χ3n) is 8.81. The molecule has 1 aromatic heterocycles. The van der Waals surface area contributed by atoms with Crippen molar-refractivity contribution in [2.75, 3.05) is 44.7 Å². The molecule has 1 aliphatic carbocycles. The van der Waals surface area contributed by atoms with Crippen LogP contribution in [0.4, 0.5) is 5.82 Å². The summed E-state index contributed by atoms with van der Waals surface area (Å²) in [5.41, 5.74) is 4.81. The van der Waals surface area contributed by atoms with Crippen molar-refractivity contribution in [3.63, 3.8) is 0 Å². The van der Waals surface area contributed by atoms with Gasteiger partial charge in [0.25, 0.3) is 0 Å². The highest BCUT2D eigenvalue weighted by atomic mass is 16.5. The first-order valence-corrected chi connectivity index (χ1v) is 13.9. The van der Waals surface area contributed by atoms with E-state index in [9.17, 15) is 5.26 Å². The standard InChI is InChI=1S/C29H38N6O2/c1-20-6-3-7-21-8-4-12-29(25(20)21)13-10-24-26(35-17-15-31-22(18-35)11-14-30)32-28(33-27(24)37-29)36-19-23-9-5-16-34(23)2/h3,6-7,22-23,31H,4-5,8-13,15-19H2,1-2H3/t22-,23-,29?/m0/s1. The van der Waals surface area contributed by atoms with E-state index in [1.807, 2.05) is 0 Å². The number of nitriles is 1. The number of hydrogen-bond acceptors (Lipinski definition) is 8. The maximum absolute atomic E-state index is 9.27. The summed E-state index contributed by atoms with van der Waals surface area (Å²) in [6.45, 7) is 6.30. The van der Waals surface area contributed by atoms with E-state index in [0.29, 0.717) is 31.0 Å². The van der Waals surface area contributed by atoms with E-state index in [-0.39, 0.29) is 11.6 Å². The zero-order valence-corrected chi connectivity index (χ0v) is 22.1. The number of benzene rings is 1. The van der Waals surface area contributed by atoms with Crippen molar-refractivity contribution in [1.29, 1.82) is 5.26 Å². The van der Waals surface area contributed by atoms with Gasteiger partial charge in [0.1, 0.15) is 18.0 Å². The van der Waals surface area contributed by atoms with Crippen molar-refractivity contribution >= 4 is 5.82 Å². The molecule has 1 spiro atoms. The van der Waals surface area contributed by atoms with Gasteiger partial charge >= 0.3 is 6.01 Å². The Morgan fingerprint density at radius 3 is 2.97 bits per heavy atom. The normalized spacial score (nSPS) is 27.3. The zero-order valence-electron chi connectivity index (χ0n) is 22.1. The van der Waals surface area contributed by atoms with Gasteiger partial charge in [0, 0.05) is 37.3 Å². The monoisotopic (exact) mass is 502 g/mol. The van der Waals surface area contributed by atoms with Gasteiger partial charge in [-0.25, -0.2) is 0 Å². The van der Waals surface area contributed by atoms with Crippen molar-refractivity contribution in [2.24, 2.45) is 0 Å². The highest BCUT2D eigenvalue weighted by Gasteiger charge is 2.44. The van der Waals surface area contributed by atoms with E-state index in [0.717, 1.165) is 76.1 Å². The second-order valence-electron chi connectivity index (χ2n) is 11.2. The molecular formula is C29H38N6O2. The van der Waals surface area contributed by atoms with Gasteiger partial charge < -0.3 is 24.6 Å². The number of fused-ring (bicyclic) bond motifs is 3. The molecule has 8 nitrogen and oxygen atoms in total. The van der Waals surface area contributed by atoms with E-state index in [4.69, 9.17) is 19.4 Å². The molecule has 0 radical (unpaired) electrons. The van der Waals surface area contributed by atoms with Gasteiger partial charge in [0.05, 0.1) is 18.1 Å². The van der Waals surface area contributed by atoms with Gasteiger partial charge in [-0.15, -0.1) is 0 Å². The number of nitrogens with zero attached hydrogens (tertiary/aromatic N) is 5. The topological polar surface area (TPSA) is 86.5 Å². The first-order chi connectivity index (χ1) is 18.1. The molecule has 3 aliphatic heterocycles. The number of aryl methyl sites for hydroxylation is 2. The molecule has 0 amide bonds. The number of ether oxygens (including phenoxy) is 2. The van der Waals surface area contributed by atoms with Crippen LogP contribution < -0.4 is 19.7 Å². The maximum Gasteiger partial charge on any atom is 0.321 e. The zero-order chi connectivity index (χ0) is 25.4. The molecule has 37 heavy (non-hydrogen) atoms.